The van der Waals surface area contributed by atoms with Crippen LogP contribution in [0.1, 0.15) is 77.2 Å². The minimum absolute atomic E-state index is 0.317. The van der Waals surface area contributed by atoms with E-state index < -0.39 is 0 Å². The Morgan fingerprint density at radius 1 is 0.952 bits per heavy atom. The molecule has 0 aromatic heterocycles. The summed E-state index contributed by atoms with van der Waals surface area (Å²) >= 11 is 0. The maximum atomic E-state index is 9.26. The minimum Gasteiger partial charge on any atom is -0.411 e. The van der Waals surface area contributed by atoms with Gasteiger partial charge in [-0.15, -0.1) is 0 Å². The highest BCUT2D eigenvalue weighted by Crippen LogP contribution is 2.17. The summed E-state index contributed by atoms with van der Waals surface area (Å²) in [7, 11) is 0. The van der Waals surface area contributed by atoms with Crippen molar-refractivity contribution >= 4 is 5.71 Å². The van der Waals surface area contributed by atoms with Crippen molar-refractivity contribution in [2.45, 2.75) is 71.6 Å². The molecule has 1 N–H and O–H groups in total. The van der Waals surface area contributed by atoms with Gasteiger partial charge in [-0.25, -0.2) is 0 Å². The van der Waals surface area contributed by atoms with E-state index in [9.17, 15) is 5.21 Å². The molecule has 1 rings (SSSR count). The van der Waals surface area contributed by atoms with Crippen LogP contribution >= 0.6 is 0 Å². The lowest BCUT2D eigenvalue weighted by atomic mass is 9.93. The van der Waals surface area contributed by atoms with Crippen LogP contribution in [0.15, 0.2) is 35.5 Å². The first kappa shape index (κ1) is 17.7. The highest BCUT2D eigenvalue weighted by Gasteiger charge is 2.13. The van der Waals surface area contributed by atoms with E-state index in [0.29, 0.717) is 5.92 Å². The average molecular weight is 289 g/mol. The summed E-state index contributed by atoms with van der Waals surface area (Å²) in [6.45, 7) is 4.41. The first-order valence-corrected chi connectivity index (χ1v) is 8.57. The molecule has 0 spiro atoms. The van der Waals surface area contributed by atoms with Crippen molar-refractivity contribution in [2.75, 3.05) is 0 Å². The molecule has 0 fully saturated rings. The Hall–Kier alpha value is -1.31. The molecule has 0 heterocycles. The third-order valence-electron chi connectivity index (χ3n) is 4.13. The van der Waals surface area contributed by atoms with Gasteiger partial charge in [-0.1, -0.05) is 101 Å². The van der Waals surface area contributed by atoms with Crippen LogP contribution in [0.25, 0.3) is 0 Å². The monoisotopic (exact) mass is 289 g/mol. The van der Waals surface area contributed by atoms with Crippen LogP contribution in [0.5, 0.6) is 0 Å². The normalized spacial score (nSPS) is 13.3. The predicted molar refractivity (Wildman–Crippen MR) is 91.2 cm³/mol. The van der Waals surface area contributed by atoms with Gasteiger partial charge in [0.15, 0.2) is 0 Å². The second kappa shape index (κ2) is 11.4. The number of benzene rings is 1. The number of rotatable bonds is 11. The SMILES string of the molecule is CCCCCCCCCCC(C)C(=NO)c1ccccc1. The Labute approximate surface area is 130 Å². The minimum atomic E-state index is 0.317. The maximum absolute atomic E-state index is 9.26. The molecule has 0 saturated carbocycles. The molecule has 0 aliphatic carbocycles. The van der Waals surface area contributed by atoms with Gasteiger partial charge in [0, 0.05) is 5.92 Å². The molecule has 0 bridgehead atoms. The zero-order valence-electron chi connectivity index (χ0n) is 13.7. The van der Waals surface area contributed by atoms with Gasteiger partial charge in [-0.3, -0.25) is 0 Å². The van der Waals surface area contributed by atoms with Gasteiger partial charge >= 0.3 is 0 Å². The standard InChI is InChI=1S/C19H31NO/c1-3-4-5-6-7-8-9-11-14-17(2)19(20-21)18-15-12-10-13-16-18/h10,12-13,15-17,21H,3-9,11,14H2,1-2H3. The first-order chi connectivity index (χ1) is 10.3. The lowest BCUT2D eigenvalue weighted by Gasteiger charge is -2.13. The summed E-state index contributed by atoms with van der Waals surface area (Å²) < 4.78 is 0. The summed E-state index contributed by atoms with van der Waals surface area (Å²) in [4.78, 5) is 0. The molecule has 0 saturated heterocycles. The van der Waals surface area contributed by atoms with Crippen molar-refractivity contribution in [1.29, 1.82) is 0 Å². The molecular formula is C19H31NO. The lowest BCUT2D eigenvalue weighted by molar-refractivity contribution is 0.315. The fraction of sp³-hybridized carbons (Fsp3) is 0.632. The Balaban J connectivity index is 2.19. The number of hydrogen-bond donors (Lipinski definition) is 1. The summed E-state index contributed by atoms with van der Waals surface area (Å²) in [6.07, 6.45) is 11.8. The molecule has 1 aromatic rings. The highest BCUT2D eigenvalue weighted by molar-refractivity contribution is 6.01. The predicted octanol–water partition coefficient (Wildman–Crippen LogP) is 6.03. The molecular weight excluding hydrogens is 258 g/mol. The quantitative estimate of drug-likeness (QED) is 0.229. The smallest absolute Gasteiger partial charge is 0.0895 e. The van der Waals surface area contributed by atoms with Crippen molar-refractivity contribution in [2.24, 2.45) is 11.1 Å². The number of oxime groups is 1. The molecule has 2 heteroatoms. The second-order valence-electron chi connectivity index (χ2n) is 6.02. The molecule has 2 nitrogen and oxygen atoms in total. The van der Waals surface area contributed by atoms with Crippen molar-refractivity contribution in [3.05, 3.63) is 35.9 Å². The molecule has 0 amide bonds. The van der Waals surface area contributed by atoms with Crippen molar-refractivity contribution in [1.82, 2.24) is 0 Å². The van der Waals surface area contributed by atoms with Crippen LogP contribution in [0.3, 0.4) is 0 Å². The average Bonchev–Trinajstić information content (AvgIpc) is 2.52. The number of hydrogen-bond acceptors (Lipinski definition) is 2. The molecule has 1 unspecified atom stereocenters. The van der Waals surface area contributed by atoms with Crippen molar-refractivity contribution in [3.63, 3.8) is 0 Å². The third-order valence-corrected chi connectivity index (χ3v) is 4.13. The van der Waals surface area contributed by atoms with Gasteiger partial charge in [-0.05, 0) is 12.0 Å². The molecule has 0 radical (unpaired) electrons. The first-order valence-electron chi connectivity index (χ1n) is 8.57. The molecule has 0 aliphatic heterocycles. The van der Waals surface area contributed by atoms with E-state index >= 15 is 0 Å². The van der Waals surface area contributed by atoms with Gasteiger partial charge < -0.3 is 5.21 Å². The van der Waals surface area contributed by atoms with E-state index in [1.54, 1.807) is 0 Å². The van der Waals surface area contributed by atoms with E-state index in [0.717, 1.165) is 17.7 Å². The Morgan fingerprint density at radius 3 is 2.10 bits per heavy atom. The van der Waals surface area contributed by atoms with Crippen LogP contribution in [0.4, 0.5) is 0 Å². The van der Waals surface area contributed by atoms with Crippen LogP contribution in [-0.4, -0.2) is 10.9 Å². The molecule has 1 aromatic carbocycles. The van der Waals surface area contributed by atoms with E-state index in [1.165, 1.54) is 51.4 Å². The second-order valence-corrected chi connectivity index (χ2v) is 6.02. The van der Waals surface area contributed by atoms with E-state index in [-0.39, 0.29) is 0 Å². The topological polar surface area (TPSA) is 32.6 Å². The number of nitrogens with zero attached hydrogens (tertiary/aromatic N) is 1. The molecule has 0 aliphatic rings. The highest BCUT2D eigenvalue weighted by atomic mass is 16.4. The van der Waals surface area contributed by atoms with E-state index in [2.05, 4.69) is 19.0 Å². The summed E-state index contributed by atoms with van der Waals surface area (Å²) in [5, 5.41) is 12.8. The van der Waals surface area contributed by atoms with Gasteiger partial charge in [0.1, 0.15) is 0 Å². The number of unbranched alkanes of at least 4 members (excludes halogenated alkanes) is 7. The maximum Gasteiger partial charge on any atom is 0.0895 e. The Morgan fingerprint density at radius 2 is 1.52 bits per heavy atom. The van der Waals surface area contributed by atoms with Crippen molar-refractivity contribution < 1.29 is 5.21 Å². The van der Waals surface area contributed by atoms with Crippen LogP contribution in [-0.2, 0) is 0 Å². The third kappa shape index (κ3) is 7.31. The van der Waals surface area contributed by atoms with Gasteiger partial charge in [0.25, 0.3) is 0 Å². The fourth-order valence-electron chi connectivity index (χ4n) is 2.77. The molecule has 118 valence electrons. The van der Waals surface area contributed by atoms with Crippen LogP contribution < -0.4 is 0 Å². The van der Waals surface area contributed by atoms with Gasteiger partial charge in [0.05, 0.1) is 5.71 Å². The van der Waals surface area contributed by atoms with Gasteiger partial charge in [-0.2, -0.15) is 0 Å². The summed E-state index contributed by atoms with van der Waals surface area (Å²) in [5.74, 6) is 0.317. The van der Waals surface area contributed by atoms with Crippen LogP contribution in [0.2, 0.25) is 0 Å². The Kier molecular flexibility index (Phi) is 9.60. The Bertz CT molecular complexity index is 386. The summed E-state index contributed by atoms with van der Waals surface area (Å²) in [6, 6.07) is 9.99. The fourth-order valence-corrected chi connectivity index (χ4v) is 2.77. The van der Waals surface area contributed by atoms with Crippen LogP contribution in [0, 0.1) is 5.92 Å². The molecule has 21 heavy (non-hydrogen) atoms. The zero-order valence-corrected chi connectivity index (χ0v) is 13.7. The van der Waals surface area contributed by atoms with Crippen molar-refractivity contribution in [3.8, 4) is 0 Å². The van der Waals surface area contributed by atoms with E-state index in [1.807, 2.05) is 30.3 Å². The zero-order chi connectivity index (χ0) is 15.3. The van der Waals surface area contributed by atoms with E-state index in [4.69, 9.17) is 0 Å². The molecule has 1 atom stereocenters. The summed E-state index contributed by atoms with van der Waals surface area (Å²) in [5.41, 5.74) is 1.85. The largest absolute Gasteiger partial charge is 0.411 e. The lowest BCUT2D eigenvalue weighted by Crippen LogP contribution is -2.12. The van der Waals surface area contributed by atoms with Gasteiger partial charge in [0.2, 0.25) is 0 Å².